The number of thiazole rings is 2. The number of primary amides is 2. The van der Waals surface area contributed by atoms with Crippen LogP contribution in [0.15, 0.2) is 53.6 Å². The molecule has 0 aliphatic heterocycles. The quantitative estimate of drug-likeness (QED) is 0.0135. The molecular weight excluding hydrogens is 1130 g/mol. The fourth-order valence-electron chi connectivity index (χ4n) is 7.52. The Morgan fingerprint density at radius 1 is 0.775 bits per heavy atom. The first-order chi connectivity index (χ1) is 37.6. The van der Waals surface area contributed by atoms with E-state index >= 15 is 0 Å². The van der Waals surface area contributed by atoms with Crippen molar-refractivity contribution in [2.75, 3.05) is 31.9 Å². The maximum absolute atomic E-state index is 13.9. The number of nitrogens with one attached hydrogen (secondary N) is 8. The van der Waals surface area contributed by atoms with Gasteiger partial charge in [-0.2, -0.15) is 0 Å². The van der Waals surface area contributed by atoms with Gasteiger partial charge >= 0.3 is 0 Å². The number of amides is 7. The van der Waals surface area contributed by atoms with E-state index in [9.17, 15) is 48.9 Å². The molecular formula is C48H69CoN17O12S2. The topological polar surface area (TPSA) is 489 Å². The molecule has 5 rings (SSSR count). The Labute approximate surface area is 477 Å². The number of hydrogen-bond acceptors (Lipinski definition) is 23. The number of nitrogens with zero attached hydrogens (tertiary/aromatic N) is 5. The number of aromatic amines is 1. The Kier molecular flexibility index (Phi) is 27.7. The summed E-state index contributed by atoms with van der Waals surface area (Å²) < 4.78 is 0. The smallest absolute Gasteiger partial charge is 0.271 e. The van der Waals surface area contributed by atoms with Gasteiger partial charge in [-0.15, -0.1) is 22.7 Å². The number of benzene rings is 1. The van der Waals surface area contributed by atoms with E-state index in [0.717, 1.165) is 13.0 Å². The average molecular weight is 1200 g/mol. The molecule has 5 aromatic rings. The van der Waals surface area contributed by atoms with Gasteiger partial charge < -0.3 is 80.5 Å². The Hall–Kier alpha value is -6.95. The summed E-state index contributed by atoms with van der Waals surface area (Å²) in [6.07, 6.45) is -1.79. The van der Waals surface area contributed by atoms with Crippen molar-refractivity contribution in [2.45, 2.75) is 108 Å². The predicted octanol–water partition coefficient (Wildman–Crippen LogP) is -1.97. The molecule has 29 nitrogen and oxygen atoms in total. The van der Waals surface area contributed by atoms with Crippen LogP contribution in [0.25, 0.3) is 10.7 Å². The average Bonchev–Trinajstić information content (AvgIpc) is 4.25. The van der Waals surface area contributed by atoms with Crippen molar-refractivity contribution in [1.82, 2.24) is 67.1 Å². The minimum atomic E-state index is -1.81. The summed E-state index contributed by atoms with van der Waals surface area (Å²) >= 11 is 2.60. The van der Waals surface area contributed by atoms with Crippen LogP contribution in [0.5, 0.6) is 0 Å². The fraction of sp³-hybridized carbons (Fsp3) is 0.458. The van der Waals surface area contributed by atoms with Crippen molar-refractivity contribution in [3.63, 3.8) is 0 Å². The van der Waals surface area contributed by atoms with Gasteiger partial charge in [0.05, 0.1) is 59.5 Å². The molecule has 0 saturated carbocycles. The van der Waals surface area contributed by atoms with Crippen LogP contribution < -0.4 is 60.2 Å². The van der Waals surface area contributed by atoms with Crippen molar-refractivity contribution < 1.29 is 76.2 Å². The van der Waals surface area contributed by atoms with Crippen molar-refractivity contribution >= 4 is 69.8 Å². The molecule has 0 bridgehead atoms. The monoisotopic (exact) mass is 1200 g/mol. The van der Waals surface area contributed by atoms with Crippen LogP contribution in [0, 0.1) is 12.8 Å². The van der Waals surface area contributed by atoms with Crippen LogP contribution in [0.1, 0.15) is 107 Å². The van der Waals surface area contributed by atoms with Crippen LogP contribution in [0.2, 0.25) is 0 Å². The van der Waals surface area contributed by atoms with E-state index in [1.807, 2.05) is 18.2 Å². The number of nitrogen functional groups attached to an aromatic ring is 1. The van der Waals surface area contributed by atoms with Gasteiger partial charge in [-0.3, -0.25) is 44.1 Å². The summed E-state index contributed by atoms with van der Waals surface area (Å²) in [5, 5.41) is 69.1. The molecule has 4 aromatic heterocycles. The zero-order valence-electron chi connectivity index (χ0n) is 44.2. The van der Waals surface area contributed by atoms with Crippen molar-refractivity contribution in [3.8, 4) is 10.7 Å². The third kappa shape index (κ3) is 19.7. The minimum absolute atomic E-state index is 0. The van der Waals surface area contributed by atoms with Gasteiger partial charge in [-0.05, 0) is 46.2 Å². The van der Waals surface area contributed by atoms with Crippen LogP contribution >= 0.6 is 22.7 Å². The molecule has 0 spiro atoms. The number of aromatic nitrogens is 6. The molecule has 1 aromatic carbocycles. The normalized spacial score (nSPS) is 14.8. The summed E-state index contributed by atoms with van der Waals surface area (Å²) in [5.74, 6) is -7.34. The number of carbonyl (C=O) groups excluding carboxylic acids is 7. The van der Waals surface area contributed by atoms with Crippen molar-refractivity contribution in [1.29, 1.82) is 0 Å². The summed E-state index contributed by atoms with van der Waals surface area (Å²) in [4.78, 5) is 115. The van der Waals surface area contributed by atoms with Gasteiger partial charge in [0.2, 0.25) is 29.5 Å². The van der Waals surface area contributed by atoms with Crippen LogP contribution in [-0.4, -0.2) is 160 Å². The SMILES string of the molecule is Cc1c(N)nc([C@H](CC(N)=O)NC[C@H](N)C(N)=O)nc1C(=O)N[C@H](C(=O)N[C@H](C)[C@@H](O)[C@H](C)C(=O)N[C@H](C(=O)NCCc1nc(-c2nc(C(=O)NCCCN[C@@H](C)c3ccccc3)cs2)cs1)[C@@H](C)O)[C@@H](O)c1cnc[nH]1.OO.[Co]. The van der Waals surface area contributed by atoms with Crippen LogP contribution in [0.3, 0.4) is 0 Å². The summed E-state index contributed by atoms with van der Waals surface area (Å²) in [5.41, 5.74) is 24.2. The third-order valence-electron chi connectivity index (χ3n) is 12.2. The number of anilines is 1. The molecule has 32 heteroatoms. The molecule has 10 atom stereocenters. The van der Waals surface area contributed by atoms with Crippen molar-refractivity contribution in [3.05, 3.63) is 92.7 Å². The first-order valence-electron chi connectivity index (χ1n) is 24.6. The second kappa shape index (κ2) is 33.0. The number of nitrogens with two attached hydrogens (primary N) is 4. The Morgan fingerprint density at radius 3 is 2.11 bits per heavy atom. The first kappa shape index (κ1) is 67.3. The standard InChI is InChI=1S/C48H67N17O10S2.Co.H2O2/c1-22-35(62-42(65-40(22)51)29(16-33(50)67)57-17-28(49)41(52)70)46(74)64-37(39(69)30-18-53-21-58-30)47(75)59-25(4)38(68)23(2)43(71)63-36(26(5)66)45(73)56-15-12-34-60-32(20-76-34)48-61-31(19-77-48)44(72)55-14-9-13-54-24(3)27-10-7-6-8-11-27;;1-2/h6-8,10-11,18-21,23-26,28-29,36-39,54,57,66,68-69H,9,12-17,49H2,1-5H3,(H2,50,67)(H2,52,70)(H,53,58)(H,55,72)(H,56,73)(H,59,75)(H,63,71)(H,64,74)(H2,51,62,65);;1-2H/t23-,24-,25+,26+,28-,29-,36-,37-,38-,39-;;/m0../s1. The van der Waals surface area contributed by atoms with Gasteiger partial charge in [-0.1, -0.05) is 37.3 Å². The van der Waals surface area contributed by atoms with Gasteiger partial charge in [-0.25, -0.2) is 24.9 Å². The number of H-pyrrole nitrogens is 1. The van der Waals surface area contributed by atoms with E-state index in [0.29, 0.717) is 22.3 Å². The summed E-state index contributed by atoms with van der Waals surface area (Å²) in [7, 11) is 0. The van der Waals surface area contributed by atoms with Crippen LogP contribution in [0.4, 0.5) is 5.82 Å². The number of carbonyl (C=O) groups is 7. The molecule has 439 valence electrons. The first-order valence-corrected chi connectivity index (χ1v) is 26.4. The Bertz CT molecular complexity index is 2810. The number of aliphatic hydroxyl groups is 3. The molecule has 80 heavy (non-hydrogen) atoms. The Balaban J connectivity index is 0.00000554. The van der Waals surface area contributed by atoms with E-state index in [1.54, 1.807) is 10.8 Å². The van der Waals surface area contributed by atoms with Crippen LogP contribution in [-0.2, 0) is 47.2 Å². The fourth-order valence-corrected chi connectivity index (χ4v) is 9.14. The molecule has 1 radical (unpaired) electrons. The third-order valence-corrected chi connectivity index (χ3v) is 14.0. The Morgan fingerprint density at radius 2 is 1.48 bits per heavy atom. The second-order valence-corrected chi connectivity index (χ2v) is 20.0. The van der Waals surface area contributed by atoms with Crippen molar-refractivity contribution in [2.24, 2.45) is 23.1 Å². The van der Waals surface area contributed by atoms with Gasteiger partial charge in [0, 0.05) is 71.6 Å². The van der Waals surface area contributed by atoms with E-state index in [1.165, 1.54) is 68.5 Å². The van der Waals surface area contributed by atoms with E-state index in [2.05, 4.69) is 86.2 Å². The molecule has 7 amide bonds. The molecule has 4 heterocycles. The summed E-state index contributed by atoms with van der Waals surface area (Å²) in [6.45, 7) is 8.49. The molecule has 0 saturated heterocycles. The number of hydrogen-bond donors (Lipinski definition) is 17. The second-order valence-electron chi connectivity index (χ2n) is 18.2. The zero-order valence-corrected chi connectivity index (χ0v) is 46.9. The molecule has 0 aliphatic carbocycles. The maximum atomic E-state index is 13.9. The number of rotatable bonds is 30. The molecule has 0 unspecified atom stereocenters. The van der Waals surface area contributed by atoms with E-state index in [4.69, 9.17) is 33.4 Å². The van der Waals surface area contributed by atoms with Gasteiger partial charge in [0.1, 0.15) is 51.9 Å². The van der Waals surface area contributed by atoms with E-state index in [-0.39, 0.29) is 82.5 Å². The number of aliphatic hydroxyl groups excluding tert-OH is 3. The molecule has 0 aliphatic rings. The maximum Gasteiger partial charge on any atom is 0.271 e. The number of imidazole rings is 1. The largest absolute Gasteiger partial charge is 0.391 e. The predicted molar refractivity (Wildman–Crippen MR) is 289 cm³/mol. The minimum Gasteiger partial charge on any atom is -0.391 e. The van der Waals surface area contributed by atoms with E-state index < -0.39 is 96.3 Å². The van der Waals surface area contributed by atoms with Gasteiger partial charge in [0.25, 0.3) is 11.8 Å². The van der Waals surface area contributed by atoms with Gasteiger partial charge in [0.15, 0.2) is 0 Å². The molecule has 0 fully saturated rings. The molecule has 21 N–H and O–H groups in total. The zero-order chi connectivity index (χ0) is 58.5. The summed E-state index contributed by atoms with van der Waals surface area (Å²) in [6, 6.07) is 3.46.